The van der Waals surface area contributed by atoms with Gasteiger partial charge in [-0.3, -0.25) is 4.90 Å². The standard InChI is InChI=1S/C12H21N3S/c1-9-11(16-10(2)14-9)7-15-6-5-13-12(3,4)8-15/h13H,5-8H2,1-4H3. The molecule has 16 heavy (non-hydrogen) atoms. The molecule has 3 nitrogen and oxygen atoms in total. The third kappa shape index (κ3) is 2.81. The van der Waals surface area contributed by atoms with Crippen molar-refractivity contribution in [3.63, 3.8) is 0 Å². The van der Waals surface area contributed by atoms with E-state index < -0.39 is 0 Å². The minimum absolute atomic E-state index is 0.242. The number of nitrogens with zero attached hydrogens (tertiary/aromatic N) is 2. The summed E-state index contributed by atoms with van der Waals surface area (Å²) in [4.78, 5) is 8.44. The van der Waals surface area contributed by atoms with E-state index in [-0.39, 0.29) is 5.54 Å². The van der Waals surface area contributed by atoms with E-state index >= 15 is 0 Å². The first kappa shape index (κ1) is 12.0. The Labute approximate surface area is 102 Å². The van der Waals surface area contributed by atoms with Crippen LogP contribution in [0, 0.1) is 13.8 Å². The molecule has 90 valence electrons. The van der Waals surface area contributed by atoms with Crippen molar-refractivity contribution in [2.45, 2.75) is 39.8 Å². The lowest BCUT2D eigenvalue weighted by molar-refractivity contribution is 0.149. The lowest BCUT2D eigenvalue weighted by atomic mass is 10.0. The van der Waals surface area contributed by atoms with Crippen LogP contribution in [0.3, 0.4) is 0 Å². The summed E-state index contributed by atoms with van der Waals surface area (Å²) in [6.07, 6.45) is 0. The third-order valence-electron chi connectivity index (χ3n) is 3.02. The van der Waals surface area contributed by atoms with E-state index in [1.54, 1.807) is 0 Å². The Bertz CT molecular complexity index is 370. The van der Waals surface area contributed by atoms with Crippen molar-refractivity contribution in [2.24, 2.45) is 0 Å². The predicted octanol–water partition coefficient (Wildman–Crippen LogP) is 1.94. The van der Waals surface area contributed by atoms with Gasteiger partial charge in [-0.25, -0.2) is 4.98 Å². The Balaban J connectivity index is 2.02. The van der Waals surface area contributed by atoms with Crippen LogP contribution in [0.25, 0.3) is 0 Å². The monoisotopic (exact) mass is 239 g/mol. The van der Waals surface area contributed by atoms with Crippen LogP contribution in [0.15, 0.2) is 0 Å². The molecule has 1 aromatic rings. The highest BCUT2D eigenvalue weighted by Crippen LogP contribution is 2.21. The van der Waals surface area contributed by atoms with Gasteiger partial charge in [0.15, 0.2) is 0 Å². The normalized spacial score (nSPS) is 21.2. The van der Waals surface area contributed by atoms with Crippen LogP contribution in [-0.4, -0.2) is 35.1 Å². The average Bonchev–Trinajstić information content (AvgIpc) is 2.43. The van der Waals surface area contributed by atoms with Gasteiger partial charge in [-0.2, -0.15) is 0 Å². The molecule has 0 radical (unpaired) electrons. The molecule has 0 atom stereocenters. The summed E-state index contributed by atoms with van der Waals surface area (Å²) in [7, 11) is 0. The second kappa shape index (κ2) is 4.43. The molecule has 2 heterocycles. The number of piperazine rings is 1. The van der Waals surface area contributed by atoms with E-state index in [4.69, 9.17) is 0 Å². The first-order chi connectivity index (χ1) is 7.46. The molecule has 0 aliphatic carbocycles. The molecule has 1 aromatic heterocycles. The van der Waals surface area contributed by atoms with Gasteiger partial charge in [0, 0.05) is 36.6 Å². The molecule has 1 aliphatic heterocycles. The first-order valence-corrected chi connectivity index (χ1v) is 6.68. The van der Waals surface area contributed by atoms with Crippen molar-refractivity contribution in [2.75, 3.05) is 19.6 Å². The minimum atomic E-state index is 0.242. The van der Waals surface area contributed by atoms with Crippen LogP contribution in [-0.2, 0) is 6.54 Å². The van der Waals surface area contributed by atoms with Gasteiger partial charge in [-0.15, -0.1) is 11.3 Å². The van der Waals surface area contributed by atoms with Crippen LogP contribution in [0.5, 0.6) is 0 Å². The number of thiazole rings is 1. The number of rotatable bonds is 2. The molecule has 0 aromatic carbocycles. The van der Waals surface area contributed by atoms with Crippen LogP contribution in [0.1, 0.15) is 29.4 Å². The van der Waals surface area contributed by atoms with E-state index in [1.807, 2.05) is 11.3 Å². The van der Waals surface area contributed by atoms with E-state index in [0.29, 0.717) is 0 Å². The van der Waals surface area contributed by atoms with Crippen molar-refractivity contribution >= 4 is 11.3 Å². The third-order valence-corrected chi connectivity index (χ3v) is 4.07. The van der Waals surface area contributed by atoms with Gasteiger partial charge in [0.1, 0.15) is 0 Å². The quantitative estimate of drug-likeness (QED) is 0.855. The maximum atomic E-state index is 4.49. The summed E-state index contributed by atoms with van der Waals surface area (Å²) >= 11 is 1.83. The van der Waals surface area contributed by atoms with Gasteiger partial charge in [0.05, 0.1) is 10.7 Å². The second-order valence-corrected chi connectivity index (χ2v) is 6.55. The van der Waals surface area contributed by atoms with E-state index in [0.717, 1.165) is 26.2 Å². The molecule has 0 saturated carbocycles. The molecule has 1 saturated heterocycles. The molecular formula is C12H21N3S. The SMILES string of the molecule is Cc1nc(C)c(CN2CCNC(C)(C)C2)s1. The van der Waals surface area contributed by atoms with Gasteiger partial charge < -0.3 is 5.32 Å². The second-order valence-electron chi connectivity index (χ2n) is 5.26. The highest BCUT2D eigenvalue weighted by molar-refractivity contribution is 7.11. The lowest BCUT2D eigenvalue weighted by Gasteiger charge is -2.39. The molecule has 1 aliphatic rings. The van der Waals surface area contributed by atoms with Gasteiger partial charge >= 0.3 is 0 Å². The van der Waals surface area contributed by atoms with Crippen molar-refractivity contribution in [1.29, 1.82) is 0 Å². The Hall–Kier alpha value is -0.450. The molecule has 2 rings (SSSR count). The summed E-state index contributed by atoms with van der Waals surface area (Å²) < 4.78 is 0. The zero-order chi connectivity index (χ0) is 11.8. The maximum Gasteiger partial charge on any atom is 0.0900 e. The fraction of sp³-hybridized carbons (Fsp3) is 0.750. The number of hydrogen-bond donors (Lipinski definition) is 1. The fourth-order valence-electron chi connectivity index (χ4n) is 2.30. The van der Waals surface area contributed by atoms with Gasteiger partial charge in [0.25, 0.3) is 0 Å². The smallest absolute Gasteiger partial charge is 0.0900 e. The Morgan fingerprint density at radius 1 is 1.44 bits per heavy atom. The van der Waals surface area contributed by atoms with Crippen molar-refractivity contribution in [3.05, 3.63) is 15.6 Å². The Morgan fingerprint density at radius 3 is 2.75 bits per heavy atom. The molecule has 0 spiro atoms. The largest absolute Gasteiger partial charge is 0.309 e. The van der Waals surface area contributed by atoms with Crippen molar-refractivity contribution in [3.8, 4) is 0 Å². The lowest BCUT2D eigenvalue weighted by Crippen LogP contribution is -2.56. The molecule has 0 bridgehead atoms. The molecule has 1 N–H and O–H groups in total. The van der Waals surface area contributed by atoms with Crippen LogP contribution in [0.4, 0.5) is 0 Å². The summed E-state index contributed by atoms with van der Waals surface area (Å²) in [6.45, 7) is 13.1. The zero-order valence-electron chi connectivity index (χ0n) is 10.6. The Kier molecular flexibility index (Phi) is 3.33. The van der Waals surface area contributed by atoms with E-state index in [9.17, 15) is 0 Å². The minimum Gasteiger partial charge on any atom is -0.309 e. The molecule has 1 fully saturated rings. The number of aromatic nitrogens is 1. The van der Waals surface area contributed by atoms with E-state index in [1.165, 1.54) is 15.6 Å². The van der Waals surface area contributed by atoms with Crippen molar-refractivity contribution in [1.82, 2.24) is 15.2 Å². The van der Waals surface area contributed by atoms with Crippen molar-refractivity contribution < 1.29 is 0 Å². The van der Waals surface area contributed by atoms with Crippen LogP contribution < -0.4 is 5.32 Å². The summed E-state index contributed by atoms with van der Waals surface area (Å²) in [5.74, 6) is 0. The number of nitrogens with one attached hydrogen (secondary N) is 1. The van der Waals surface area contributed by atoms with Crippen LogP contribution in [0.2, 0.25) is 0 Å². The van der Waals surface area contributed by atoms with Gasteiger partial charge in [0.2, 0.25) is 0 Å². The van der Waals surface area contributed by atoms with Crippen LogP contribution >= 0.6 is 11.3 Å². The topological polar surface area (TPSA) is 28.2 Å². The zero-order valence-corrected chi connectivity index (χ0v) is 11.4. The summed E-state index contributed by atoms with van der Waals surface area (Å²) in [6, 6.07) is 0. The first-order valence-electron chi connectivity index (χ1n) is 5.86. The molecule has 0 amide bonds. The highest BCUT2D eigenvalue weighted by Gasteiger charge is 2.26. The summed E-state index contributed by atoms with van der Waals surface area (Å²) in [5.41, 5.74) is 1.45. The molecule has 4 heteroatoms. The van der Waals surface area contributed by atoms with E-state index in [2.05, 4.69) is 42.9 Å². The number of aryl methyl sites for hydroxylation is 2. The predicted molar refractivity (Wildman–Crippen MR) is 68.9 cm³/mol. The highest BCUT2D eigenvalue weighted by atomic mass is 32.1. The Morgan fingerprint density at radius 2 is 2.19 bits per heavy atom. The maximum absolute atomic E-state index is 4.49. The van der Waals surface area contributed by atoms with Gasteiger partial charge in [-0.05, 0) is 27.7 Å². The summed E-state index contributed by atoms with van der Waals surface area (Å²) in [5, 5.41) is 4.72. The average molecular weight is 239 g/mol. The van der Waals surface area contributed by atoms with Gasteiger partial charge in [-0.1, -0.05) is 0 Å². The fourth-order valence-corrected chi connectivity index (χ4v) is 3.28. The molecule has 0 unspecified atom stereocenters. The molecular weight excluding hydrogens is 218 g/mol. The number of hydrogen-bond acceptors (Lipinski definition) is 4.